The number of carbonyl (C=O) groups excluding carboxylic acids is 5. The Morgan fingerprint density at radius 2 is 1.60 bits per heavy atom. The Morgan fingerprint density at radius 3 is 2.34 bits per heavy atom. The van der Waals surface area contributed by atoms with Gasteiger partial charge in [0.25, 0.3) is 0 Å². The SMILES string of the molecule is CC1CC(=O)N2CCCC2C(=O)N2CCCCC2C(=O)NC(C)C(=O)N2CC(C#N)CC2C(=O)O1. The molecule has 190 valence electrons. The van der Waals surface area contributed by atoms with E-state index in [1.54, 1.807) is 23.6 Å². The highest BCUT2D eigenvalue weighted by Crippen LogP contribution is 2.28. The van der Waals surface area contributed by atoms with E-state index in [1.165, 1.54) is 4.90 Å². The number of esters is 1. The number of rotatable bonds is 0. The summed E-state index contributed by atoms with van der Waals surface area (Å²) in [5.41, 5.74) is 0. The second-order valence-corrected chi connectivity index (χ2v) is 10.0. The van der Waals surface area contributed by atoms with Crippen molar-refractivity contribution in [1.82, 2.24) is 20.0 Å². The molecule has 0 bridgehead atoms. The van der Waals surface area contributed by atoms with Gasteiger partial charge in [-0.05, 0) is 52.4 Å². The van der Waals surface area contributed by atoms with E-state index in [9.17, 15) is 29.2 Å². The van der Waals surface area contributed by atoms with Gasteiger partial charge in [0.15, 0.2) is 0 Å². The first-order valence-corrected chi connectivity index (χ1v) is 12.5. The Bertz CT molecular complexity index is 947. The molecule has 6 atom stereocenters. The van der Waals surface area contributed by atoms with Crippen LogP contribution in [0.2, 0.25) is 0 Å². The maximum Gasteiger partial charge on any atom is 0.329 e. The number of hydrogen-bond donors (Lipinski definition) is 1. The van der Waals surface area contributed by atoms with Crippen molar-refractivity contribution >= 4 is 29.6 Å². The van der Waals surface area contributed by atoms with Crippen molar-refractivity contribution in [2.75, 3.05) is 19.6 Å². The van der Waals surface area contributed by atoms with Crippen molar-refractivity contribution in [2.45, 2.75) is 89.1 Å². The molecule has 1 N–H and O–H groups in total. The number of hydrogen-bond acceptors (Lipinski definition) is 7. The summed E-state index contributed by atoms with van der Waals surface area (Å²) in [6.07, 6.45) is 2.52. The minimum atomic E-state index is -0.954. The molecule has 4 fully saturated rings. The van der Waals surface area contributed by atoms with E-state index in [0.717, 1.165) is 12.8 Å². The smallest absolute Gasteiger partial charge is 0.329 e. The predicted octanol–water partition coefficient (Wildman–Crippen LogP) is -0.0607. The van der Waals surface area contributed by atoms with Crippen molar-refractivity contribution in [2.24, 2.45) is 5.92 Å². The van der Waals surface area contributed by atoms with Crippen LogP contribution < -0.4 is 5.32 Å². The van der Waals surface area contributed by atoms with Crippen molar-refractivity contribution in [1.29, 1.82) is 5.26 Å². The Hall–Kier alpha value is -3.16. The van der Waals surface area contributed by atoms with Gasteiger partial charge in [0.2, 0.25) is 23.6 Å². The summed E-state index contributed by atoms with van der Waals surface area (Å²) < 4.78 is 5.52. The second-order valence-electron chi connectivity index (χ2n) is 10.0. The van der Waals surface area contributed by atoms with E-state index < -0.39 is 54.0 Å². The number of nitriles is 1. The fourth-order valence-electron chi connectivity index (χ4n) is 5.68. The Kier molecular flexibility index (Phi) is 7.28. The molecule has 4 saturated heterocycles. The maximum atomic E-state index is 13.5. The van der Waals surface area contributed by atoms with E-state index in [2.05, 4.69) is 11.4 Å². The second kappa shape index (κ2) is 10.2. The number of fused-ring (bicyclic) bond motifs is 3. The average molecular weight is 488 g/mol. The van der Waals surface area contributed by atoms with Gasteiger partial charge in [-0.3, -0.25) is 19.2 Å². The fourth-order valence-corrected chi connectivity index (χ4v) is 5.68. The summed E-state index contributed by atoms with van der Waals surface area (Å²) in [6, 6.07) is -1.15. The summed E-state index contributed by atoms with van der Waals surface area (Å²) in [7, 11) is 0. The van der Waals surface area contributed by atoms with E-state index in [0.29, 0.717) is 32.4 Å². The standard InChI is InChI=1S/C24H33N5O6/c1-14-10-20(30)27-9-5-7-18(27)23(33)28-8-4-3-6-17(28)21(31)26-15(2)22(32)29-13-16(12-25)11-19(29)24(34)35-14/h14-19H,3-11,13H2,1-2H3,(H,26,31). The lowest BCUT2D eigenvalue weighted by Gasteiger charge is -2.38. The van der Waals surface area contributed by atoms with Crippen LogP contribution in [0.4, 0.5) is 0 Å². The van der Waals surface area contributed by atoms with Gasteiger partial charge in [-0.2, -0.15) is 5.26 Å². The first-order chi connectivity index (χ1) is 16.7. The molecule has 4 heterocycles. The zero-order valence-corrected chi connectivity index (χ0v) is 20.3. The first kappa shape index (κ1) is 24.9. The number of amides is 4. The van der Waals surface area contributed by atoms with Crippen molar-refractivity contribution < 1.29 is 28.7 Å². The highest BCUT2D eigenvalue weighted by atomic mass is 16.5. The first-order valence-electron chi connectivity index (χ1n) is 12.5. The van der Waals surface area contributed by atoms with Crippen molar-refractivity contribution in [3.05, 3.63) is 0 Å². The molecule has 0 aromatic carbocycles. The average Bonchev–Trinajstić information content (AvgIpc) is 3.50. The highest BCUT2D eigenvalue weighted by Gasteiger charge is 2.45. The third kappa shape index (κ3) is 4.97. The minimum Gasteiger partial charge on any atom is -0.461 e. The van der Waals surface area contributed by atoms with Crippen LogP contribution in [-0.2, 0) is 28.7 Å². The molecule has 11 heteroatoms. The molecule has 4 aliphatic rings. The molecule has 11 nitrogen and oxygen atoms in total. The van der Waals surface area contributed by atoms with Crippen LogP contribution in [0.3, 0.4) is 0 Å². The zero-order valence-electron chi connectivity index (χ0n) is 20.3. The maximum absolute atomic E-state index is 13.5. The summed E-state index contributed by atoms with van der Waals surface area (Å²) in [6.45, 7) is 4.07. The lowest BCUT2D eigenvalue weighted by molar-refractivity contribution is -0.160. The van der Waals surface area contributed by atoms with Gasteiger partial charge in [-0.15, -0.1) is 0 Å². The third-order valence-corrected chi connectivity index (χ3v) is 7.49. The molecule has 4 aliphatic heterocycles. The number of carbonyl (C=O) groups is 5. The minimum absolute atomic E-state index is 0.0616. The number of cyclic esters (lactones) is 1. The highest BCUT2D eigenvalue weighted by molar-refractivity contribution is 5.95. The topological polar surface area (TPSA) is 140 Å². The fraction of sp³-hybridized carbons (Fsp3) is 0.750. The molecule has 0 aromatic heterocycles. The Labute approximate surface area is 204 Å². The molecule has 6 unspecified atom stereocenters. The number of nitrogens with one attached hydrogen (secondary N) is 1. The molecule has 0 saturated carbocycles. The molecular formula is C24H33N5O6. The van der Waals surface area contributed by atoms with Gasteiger partial charge < -0.3 is 24.8 Å². The van der Waals surface area contributed by atoms with Crippen LogP contribution in [0, 0.1) is 17.2 Å². The zero-order chi connectivity index (χ0) is 25.3. The van der Waals surface area contributed by atoms with Gasteiger partial charge in [-0.25, -0.2) is 4.79 Å². The normalized spacial score (nSPS) is 35.1. The summed E-state index contributed by atoms with van der Waals surface area (Å²) in [5, 5.41) is 12.1. The summed E-state index contributed by atoms with van der Waals surface area (Å²) in [5.74, 6) is -2.64. The number of nitrogens with zero attached hydrogens (tertiary/aromatic N) is 4. The molecule has 35 heavy (non-hydrogen) atoms. The summed E-state index contributed by atoms with van der Waals surface area (Å²) in [4.78, 5) is 70.4. The predicted molar refractivity (Wildman–Crippen MR) is 121 cm³/mol. The van der Waals surface area contributed by atoms with Gasteiger partial charge in [-0.1, -0.05) is 0 Å². The number of ether oxygens (including phenoxy) is 1. The largest absolute Gasteiger partial charge is 0.461 e. The van der Waals surface area contributed by atoms with Crippen LogP contribution in [0.15, 0.2) is 0 Å². The molecule has 0 spiro atoms. The van der Waals surface area contributed by atoms with Crippen LogP contribution in [0.1, 0.15) is 58.8 Å². The monoisotopic (exact) mass is 487 g/mol. The molecule has 0 aromatic rings. The van der Waals surface area contributed by atoms with E-state index in [-0.39, 0.29) is 31.2 Å². The molecule has 0 aliphatic carbocycles. The van der Waals surface area contributed by atoms with Crippen LogP contribution in [-0.4, -0.2) is 94.2 Å². The molecule has 4 amide bonds. The van der Waals surface area contributed by atoms with Gasteiger partial charge >= 0.3 is 5.97 Å². The van der Waals surface area contributed by atoms with Crippen molar-refractivity contribution in [3.63, 3.8) is 0 Å². The molecule has 0 radical (unpaired) electrons. The van der Waals surface area contributed by atoms with Crippen LogP contribution >= 0.6 is 0 Å². The number of piperidine rings is 1. The van der Waals surface area contributed by atoms with Crippen molar-refractivity contribution in [3.8, 4) is 6.07 Å². The van der Waals surface area contributed by atoms with Gasteiger partial charge in [0.05, 0.1) is 18.4 Å². The summed E-state index contributed by atoms with van der Waals surface area (Å²) >= 11 is 0. The molecular weight excluding hydrogens is 454 g/mol. The van der Waals surface area contributed by atoms with Gasteiger partial charge in [0.1, 0.15) is 30.3 Å². The Balaban J connectivity index is 1.65. The Morgan fingerprint density at radius 1 is 0.886 bits per heavy atom. The van der Waals surface area contributed by atoms with Crippen LogP contribution in [0.5, 0.6) is 0 Å². The lowest BCUT2D eigenvalue weighted by Crippen LogP contribution is -2.59. The van der Waals surface area contributed by atoms with E-state index in [1.807, 2.05) is 0 Å². The van der Waals surface area contributed by atoms with Crippen LogP contribution in [0.25, 0.3) is 0 Å². The van der Waals surface area contributed by atoms with E-state index >= 15 is 0 Å². The van der Waals surface area contributed by atoms with E-state index in [4.69, 9.17) is 4.74 Å². The quantitative estimate of drug-likeness (QED) is 0.472. The lowest BCUT2D eigenvalue weighted by atomic mass is 9.99. The third-order valence-electron chi connectivity index (χ3n) is 7.49. The molecule has 4 rings (SSSR count). The van der Waals surface area contributed by atoms with Gasteiger partial charge in [0, 0.05) is 19.6 Å².